The minimum Gasteiger partial charge on any atom is -0.493 e. The summed E-state index contributed by atoms with van der Waals surface area (Å²) in [4.78, 5) is 14.3. The van der Waals surface area contributed by atoms with Gasteiger partial charge in [0, 0.05) is 38.2 Å². The van der Waals surface area contributed by atoms with Gasteiger partial charge in [-0.3, -0.25) is 19.0 Å². The third kappa shape index (κ3) is 3.32. The van der Waals surface area contributed by atoms with Crippen LogP contribution in [0, 0.1) is 10.7 Å². The number of halogens is 1. The van der Waals surface area contributed by atoms with Crippen LogP contribution in [0.4, 0.5) is 0 Å². The Morgan fingerprint density at radius 1 is 1.25 bits per heavy atom. The molecule has 2 aromatic carbocycles. The Morgan fingerprint density at radius 3 is 2.94 bits per heavy atom. The predicted molar refractivity (Wildman–Crippen MR) is 132 cm³/mol. The highest BCUT2D eigenvalue weighted by Crippen LogP contribution is 2.51. The molecule has 6 nitrogen and oxygen atoms in total. The molecule has 0 spiro atoms. The lowest BCUT2D eigenvalue weighted by molar-refractivity contribution is 0.219. The molecular weight excluding hydrogens is 528 g/mol. The van der Waals surface area contributed by atoms with Crippen LogP contribution in [0.2, 0.25) is 0 Å². The highest BCUT2D eigenvalue weighted by Gasteiger charge is 2.40. The zero-order valence-electron chi connectivity index (χ0n) is 16.7. The monoisotopic (exact) mass is 544 g/mol. The van der Waals surface area contributed by atoms with E-state index in [2.05, 4.69) is 32.2 Å². The van der Waals surface area contributed by atoms with E-state index in [1.54, 1.807) is 11.8 Å². The van der Waals surface area contributed by atoms with Crippen molar-refractivity contribution in [2.45, 2.75) is 17.5 Å². The zero-order valence-corrected chi connectivity index (χ0v) is 20.7. The molecule has 4 heterocycles. The Kier molecular flexibility index (Phi) is 5.13. The lowest BCUT2D eigenvalue weighted by Gasteiger charge is -2.36. The van der Waals surface area contributed by atoms with Gasteiger partial charge in [0.2, 0.25) is 0 Å². The first-order chi connectivity index (χ1) is 15.6. The van der Waals surface area contributed by atoms with Gasteiger partial charge in [0.25, 0.3) is 0 Å². The highest BCUT2D eigenvalue weighted by molar-refractivity contribution is 9.10. The van der Waals surface area contributed by atoms with Crippen LogP contribution in [-0.2, 0) is 6.54 Å². The van der Waals surface area contributed by atoms with Gasteiger partial charge < -0.3 is 4.74 Å². The number of rotatable bonds is 3. The molecule has 0 fully saturated rings. The number of hydrogen-bond acceptors (Lipinski definition) is 6. The van der Waals surface area contributed by atoms with E-state index in [1.807, 2.05) is 51.6 Å². The second-order valence-corrected chi connectivity index (χ2v) is 11.1. The molecule has 2 aromatic heterocycles. The number of hydrogen-bond donors (Lipinski definition) is 1. The first-order valence-electron chi connectivity index (χ1n) is 10.1. The van der Waals surface area contributed by atoms with E-state index in [0.29, 0.717) is 29.7 Å². The summed E-state index contributed by atoms with van der Waals surface area (Å²) in [7, 11) is 0. The fraction of sp³-hybridized carbons (Fsp3) is 0.227. The molecule has 0 saturated carbocycles. The zero-order chi connectivity index (χ0) is 21.8. The van der Waals surface area contributed by atoms with Crippen molar-refractivity contribution in [3.05, 3.63) is 83.7 Å². The Hall–Kier alpha value is -2.14. The van der Waals surface area contributed by atoms with Crippen molar-refractivity contribution in [1.29, 1.82) is 0 Å². The maximum Gasteiger partial charge on any atom is 0.308 e. The van der Waals surface area contributed by atoms with E-state index in [9.17, 15) is 4.79 Å². The minimum atomic E-state index is 0.0275. The molecule has 4 aromatic rings. The number of thiazole rings is 1. The van der Waals surface area contributed by atoms with Crippen molar-refractivity contribution in [1.82, 2.24) is 19.3 Å². The lowest BCUT2D eigenvalue weighted by Crippen LogP contribution is -2.31. The largest absolute Gasteiger partial charge is 0.493 e. The summed E-state index contributed by atoms with van der Waals surface area (Å²) in [5, 5.41) is 8.36. The third-order valence-electron chi connectivity index (χ3n) is 5.88. The molecule has 6 rings (SSSR count). The van der Waals surface area contributed by atoms with Crippen LogP contribution in [-0.4, -0.2) is 31.7 Å². The molecule has 0 unspecified atom stereocenters. The van der Waals surface area contributed by atoms with E-state index in [4.69, 9.17) is 17.0 Å². The van der Waals surface area contributed by atoms with Gasteiger partial charge >= 0.3 is 4.87 Å². The molecule has 0 amide bonds. The fourth-order valence-electron chi connectivity index (χ4n) is 4.44. The number of nitrogens with one attached hydrogen (secondary N) is 1. The minimum absolute atomic E-state index is 0.0275. The number of thioether (sulfide) groups is 1. The smallest absolute Gasteiger partial charge is 0.308 e. The molecule has 0 saturated heterocycles. The lowest BCUT2D eigenvalue weighted by atomic mass is 9.84. The maximum atomic E-state index is 13.2. The number of nitrogens with zero attached hydrogens (tertiary/aromatic N) is 3. The predicted octanol–water partition coefficient (Wildman–Crippen LogP) is 5.21. The van der Waals surface area contributed by atoms with Gasteiger partial charge in [-0.05, 0) is 42.5 Å². The molecular formula is C22H17BrN4O2S3. The average Bonchev–Trinajstić information content (AvgIpc) is 3.33. The molecule has 2 atom stereocenters. The van der Waals surface area contributed by atoms with Crippen LogP contribution in [0.15, 0.2) is 62.8 Å². The van der Waals surface area contributed by atoms with Crippen molar-refractivity contribution >= 4 is 51.2 Å². The number of aromatic nitrogens is 4. The summed E-state index contributed by atoms with van der Waals surface area (Å²) in [6, 6.07) is 16.0. The molecule has 0 radical (unpaired) electrons. The number of aromatic amines is 1. The molecule has 162 valence electrons. The first kappa shape index (κ1) is 20.5. The van der Waals surface area contributed by atoms with Gasteiger partial charge in [0.1, 0.15) is 5.75 Å². The fourth-order valence-corrected chi connectivity index (χ4v) is 7.76. The van der Waals surface area contributed by atoms with E-state index in [1.165, 1.54) is 11.3 Å². The van der Waals surface area contributed by atoms with Gasteiger partial charge in [-0.25, -0.2) is 0 Å². The number of ether oxygens (including phenoxy) is 1. The SMILES string of the molecule is O=c1sc2c(n1Cc1n[nH]c(=S)n1-c1ccccc1)SC[C@@H]1COc3ccc(Br)cc3[C@H]21. The van der Waals surface area contributed by atoms with Gasteiger partial charge in [-0.2, -0.15) is 5.10 Å². The Morgan fingerprint density at radius 2 is 2.09 bits per heavy atom. The average molecular weight is 546 g/mol. The van der Waals surface area contributed by atoms with Crippen LogP contribution in [0.1, 0.15) is 22.2 Å². The van der Waals surface area contributed by atoms with Gasteiger partial charge in [-0.1, -0.05) is 45.5 Å². The summed E-state index contributed by atoms with van der Waals surface area (Å²) >= 11 is 12.1. The molecule has 0 bridgehead atoms. The maximum absolute atomic E-state index is 13.2. The molecule has 10 heteroatoms. The highest BCUT2D eigenvalue weighted by atomic mass is 79.9. The molecule has 1 N–H and O–H groups in total. The van der Waals surface area contributed by atoms with E-state index in [-0.39, 0.29) is 10.8 Å². The number of H-pyrrole nitrogens is 1. The Balaban J connectivity index is 1.44. The summed E-state index contributed by atoms with van der Waals surface area (Å²) < 4.78 is 11.3. The van der Waals surface area contributed by atoms with Crippen LogP contribution in [0.3, 0.4) is 0 Å². The summed E-state index contributed by atoms with van der Waals surface area (Å²) in [6.07, 6.45) is 0. The van der Waals surface area contributed by atoms with Crippen molar-refractivity contribution < 1.29 is 4.74 Å². The standard InChI is InChI=1S/C22H17BrN4O2S3/c23-13-6-7-16-15(8-13)18-12(10-29-16)11-31-20-19(18)32-22(28)26(20)9-17-24-25-21(30)27(17)14-4-2-1-3-5-14/h1-8,12,18H,9-11H2,(H,25,30)/t12-,18+/m0/s1. The second-order valence-electron chi connectivity index (χ2n) is 7.78. The molecule has 2 aliphatic rings. The Bertz CT molecular complexity index is 1440. The Labute approximate surface area is 205 Å². The topological polar surface area (TPSA) is 64.8 Å². The van der Waals surface area contributed by atoms with Crippen LogP contribution in [0.25, 0.3) is 5.69 Å². The normalized spacial score (nSPS) is 19.0. The molecule has 0 aliphatic carbocycles. The van der Waals surface area contributed by atoms with Gasteiger partial charge in [0.05, 0.1) is 18.2 Å². The second kappa shape index (κ2) is 8.02. The molecule has 32 heavy (non-hydrogen) atoms. The van der Waals surface area contributed by atoms with E-state index >= 15 is 0 Å². The van der Waals surface area contributed by atoms with Gasteiger partial charge in [-0.15, -0.1) is 11.8 Å². The van der Waals surface area contributed by atoms with Crippen LogP contribution in [0.5, 0.6) is 5.75 Å². The first-order valence-corrected chi connectivity index (χ1v) is 13.1. The van der Waals surface area contributed by atoms with E-state index < -0.39 is 0 Å². The quantitative estimate of drug-likeness (QED) is 0.358. The van der Waals surface area contributed by atoms with Crippen molar-refractivity contribution in [2.75, 3.05) is 12.4 Å². The third-order valence-corrected chi connectivity index (χ3v) is 9.14. The van der Waals surface area contributed by atoms with Crippen LogP contribution < -0.4 is 9.61 Å². The van der Waals surface area contributed by atoms with E-state index in [0.717, 1.165) is 37.1 Å². The molecule has 2 aliphatic heterocycles. The van der Waals surface area contributed by atoms with Crippen molar-refractivity contribution in [2.24, 2.45) is 5.92 Å². The number of benzene rings is 2. The summed E-state index contributed by atoms with van der Waals surface area (Å²) in [6.45, 7) is 1.03. The van der Waals surface area contributed by atoms with Crippen LogP contribution >= 0.6 is 51.2 Å². The van der Waals surface area contributed by atoms with Crippen molar-refractivity contribution in [3.63, 3.8) is 0 Å². The number of fused-ring (bicyclic) bond motifs is 5. The summed E-state index contributed by atoms with van der Waals surface area (Å²) in [5.41, 5.74) is 2.08. The van der Waals surface area contributed by atoms with Crippen molar-refractivity contribution in [3.8, 4) is 11.4 Å². The van der Waals surface area contributed by atoms with Gasteiger partial charge in [0.15, 0.2) is 10.6 Å². The number of para-hydroxylation sites is 1. The summed E-state index contributed by atoms with van der Waals surface area (Å²) in [5.74, 6) is 3.04.